The molecular weight excluding hydrogens is 312 g/mol. The molecule has 1 aromatic carbocycles. The minimum Gasteiger partial charge on any atom is -0.497 e. The Bertz CT molecular complexity index is 481. The highest BCUT2D eigenvalue weighted by molar-refractivity contribution is 9.10. The van der Waals surface area contributed by atoms with Crippen LogP contribution in [-0.4, -0.2) is 55.3 Å². The smallest absolute Gasteiger partial charge is 0.255 e. The lowest BCUT2D eigenvalue weighted by molar-refractivity contribution is 0.0580. The normalized spacial score (nSPS) is 22.3. The number of benzene rings is 1. The highest BCUT2D eigenvalue weighted by Gasteiger charge is 2.32. The van der Waals surface area contributed by atoms with Crippen molar-refractivity contribution in [2.75, 3.05) is 27.2 Å². The molecule has 1 fully saturated rings. The van der Waals surface area contributed by atoms with Gasteiger partial charge in [-0.2, -0.15) is 0 Å². The first-order valence-electron chi connectivity index (χ1n) is 6.04. The first-order valence-corrected chi connectivity index (χ1v) is 6.83. The number of aliphatic hydroxyl groups excluding tert-OH is 1. The lowest BCUT2D eigenvalue weighted by Crippen LogP contribution is -2.44. The number of rotatable bonds is 3. The predicted molar refractivity (Wildman–Crippen MR) is 75.5 cm³/mol. The number of amides is 1. The van der Waals surface area contributed by atoms with Crippen molar-refractivity contribution >= 4 is 21.8 Å². The molecule has 19 heavy (non-hydrogen) atoms. The Hall–Kier alpha value is -1.11. The van der Waals surface area contributed by atoms with Gasteiger partial charge >= 0.3 is 0 Å². The van der Waals surface area contributed by atoms with E-state index in [4.69, 9.17) is 4.74 Å². The molecule has 2 N–H and O–H groups in total. The van der Waals surface area contributed by atoms with E-state index in [0.717, 1.165) is 0 Å². The number of ether oxygens (including phenoxy) is 1. The molecule has 0 aliphatic carbocycles. The number of halogens is 1. The van der Waals surface area contributed by atoms with Gasteiger partial charge in [0.2, 0.25) is 0 Å². The van der Waals surface area contributed by atoms with E-state index in [-0.39, 0.29) is 11.9 Å². The fourth-order valence-corrected chi connectivity index (χ4v) is 2.60. The van der Waals surface area contributed by atoms with Gasteiger partial charge in [-0.25, -0.2) is 0 Å². The Balaban J connectivity index is 2.23. The molecule has 5 nitrogen and oxygen atoms in total. The van der Waals surface area contributed by atoms with Gasteiger partial charge in [-0.1, -0.05) is 0 Å². The van der Waals surface area contributed by atoms with Gasteiger partial charge in [0.25, 0.3) is 5.91 Å². The van der Waals surface area contributed by atoms with E-state index in [1.54, 1.807) is 37.3 Å². The zero-order valence-corrected chi connectivity index (χ0v) is 12.5. The zero-order valence-electron chi connectivity index (χ0n) is 10.9. The van der Waals surface area contributed by atoms with Crippen LogP contribution in [-0.2, 0) is 0 Å². The van der Waals surface area contributed by atoms with Gasteiger partial charge < -0.3 is 20.1 Å². The number of β-amino-alcohol motifs (C(OH)–C–C–N with tert-alkyl or cyclic N) is 1. The molecule has 1 amide bonds. The molecule has 1 heterocycles. The molecule has 0 radical (unpaired) electrons. The van der Waals surface area contributed by atoms with Crippen LogP contribution in [0.2, 0.25) is 0 Å². The van der Waals surface area contributed by atoms with Gasteiger partial charge in [0.05, 0.1) is 24.8 Å². The van der Waals surface area contributed by atoms with E-state index in [2.05, 4.69) is 21.2 Å². The van der Waals surface area contributed by atoms with Crippen LogP contribution in [0.1, 0.15) is 10.4 Å². The van der Waals surface area contributed by atoms with Crippen LogP contribution < -0.4 is 10.1 Å². The third kappa shape index (κ3) is 2.91. The maximum Gasteiger partial charge on any atom is 0.255 e. The molecule has 1 saturated heterocycles. The molecule has 104 valence electrons. The second-order valence-electron chi connectivity index (χ2n) is 4.55. The predicted octanol–water partition coefficient (Wildman–Crippen LogP) is 0.862. The molecule has 0 unspecified atom stereocenters. The summed E-state index contributed by atoms with van der Waals surface area (Å²) in [5, 5.41) is 12.9. The van der Waals surface area contributed by atoms with Crippen LogP contribution in [0.3, 0.4) is 0 Å². The van der Waals surface area contributed by atoms with E-state index in [1.165, 1.54) is 0 Å². The lowest BCUT2D eigenvalue weighted by Gasteiger charge is -2.27. The summed E-state index contributed by atoms with van der Waals surface area (Å²) in [5.41, 5.74) is 0.529. The molecule has 2 atom stereocenters. The summed E-state index contributed by atoms with van der Waals surface area (Å²) in [7, 11) is 3.26. The number of nitrogens with one attached hydrogen (secondary N) is 1. The van der Waals surface area contributed by atoms with Crippen molar-refractivity contribution in [3.63, 3.8) is 0 Å². The van der Waals surface area contributed by atoms with Crippen LogP contribution in [0.4, 0.5) is 0 Å². The molecule has 2 rings (SSSR count). The molecule has 1 aliphatic rings. The fraction of sp³-hybridized carbons (Fsp3) is 0.462. The number of hydrogen-bond donors (Lipinski definition) is 2. The van der Waals surface area contributed by atoms with Gasteiger partial charge in [-0.3, -0.25) is 4.79 Å². The summed E-state index contributed by atoms with van der Waals surface area (Å²) in [6, 6.07) is 5.05. The second kappa shape index (κ2) is 5.90. The molecule has 6 heteroatoms. The molecule has 0 aromatic heterocycles. The summed E-state index contributed by atoms with van der Waals surface area (Å²) >= 11 is 3.37. The summed E-state index contributed by atoms with van der Waals surface area (Å²) in [5.74, 6) is 0.489. The summed E-state index contributed by atoms with van der Waals surface area (Å²) in [6.45, 7) is 1.12. The maximum atomic E-state index is 12.5. The van der Waals surface area contributed by atoms with Crippen molar-refractivity contribution in [1.29, 1.82) is 0 Å². The number of likely N-dealkylation sites (N-methyl/N-ethyl adjacent to an activating group) is 1. The van der Waals surface area contributed by atoms with Crippen molar-refractivity contribution in [3.8, 4) is 5.75 Å². The zero-order chi connectivity index (χ0) is 14.0. The first-order chi connectivity index (χ1) is 9.04. The molecule has 1 aromatic rings. The second-order valence-corrected chi connectivity index (χ2v) is 5.41. The SMILES string of the molecule is COc1ccc(Br)c(C(=O)N(C)[C@@H]2CNC[C@H]2O)c1. The van der Waals surface area contributed by atoms with E-state index < -0.39 is 6.10 Å². The third-order valence-electron chi connectivity index (χ3n) is 3.37. The number of hydrogen-bond acceptors (Lipinski definition) is 4. The minimum absolute atomic E-state index is 0.140. The minimum atomic E-state index is -0.529. The molecule has 0 spiro atoms. The molecule has 1 aliphatic heterocycles. The molecule has 0 bridgehead atoms. The number of carbonyl (C=O) groups is 1. The van der Waals surface area contributed by atoms with Crippen molar-refractivity contribution < 1.29 is 14.6 Å². The van der Waals surface area contributed by atoms with Crippen LogP contribution >= 0.6 is 15.9 Å². The Morgan fingerprint density at radius 2 is 2.26 bits per heavy atom. The van der Waals surface area contributed by atoms with Gasteiger partial charge in [0.1, 0.15) is 5.75 Å². The standard InChI is InChI=1S/C13H17BrN2O3/c1-16(11-6-15-7-12(11)17)13(18)9-5-8(19-2)3-4-10(9)14/h3-5,11-12,15,17H,6-7H2,1-2H3/t11-,12-/m1/s1. The average molecular weight is 329 g/mol. The van der Waals surface area contributed by atoms with E-state index >= 15 is 0 Å². The summed E-state index contributed by atoms with van der Waals surface area (Å²) < 4.78 is 5.85. The Morgan fingerprint density at radius 1 is 1.53 bits per heavy atom. The number of methoxy groups -OCH3 is 1. The number of nitrogens with zero attached hydrogens (tertiary/aromatic N) is 1. The van der Waals surface area contributed by atoms with Crippen molar-refractivity contribution in [3.05, 3.63) is 28.2 Å². The van der Waals surface area contributed by atoms with Gasteiger partial charge in [0.15, 0.2) is 0 Å². The topological polar surface area (TPSA) is 61.8 Å². The van der Waals surface area contributed by atoms with Crippen LogP contribution in [0.15, 0.2) is 22.7 Å². The van der Waals surface area contributed by atoms with E-state index in [9.17, 15) is 9.90 Å². The first kappa shape index (κ1) is 14.3. The van der Waals surface area contributed by atoms with Gasteiger partial charge in [-0.05, 0) is 34.1 Å². The Kier molecular flexibility index (Phi) is 4.44. The van der Waals surface area contributed by atoms with Crippen LogP contribution in [0.25, 0.3) is 0 Å². The van der Waals surface area contributed by atoms with E-state index in [1.807, 2.05) is 0 Å². The quantitative estimate of drug-likeness (QED) is 0.864. The van der Waals surface area contributed by atoms with Gasteiger partial charge in [-0.15, -0.1) is 0 Å². The highest BCUT2D eigenvalue weighted by atomic mass is 79.9. The monoisotopic (exact) mass is 328 g/mol. The van der Waals surface area contributed by atoms with Gasteiger partial charge in [0, 0.05) is 24.6 Å². The fourth-order valence-electron chi connectivity index (χ4n) is 2.18. The Morgan fingerprint density at radius 3 is 2.84 bits per heavy atom. The molecular formula is C13H17BrN2O3. The maximum absolute atomic E-state index is 12.5. The lowest BCUT2D eigenvalue weighted by atomic mass is 10.1. The van der Waals surface area contributed by atoms with Crippen molar-refractivity contribution in [2.24, 2.45) is 0 Å². The Labute approximate surface area is 120 Å². The molecule has 0 saturated carbocycles. The van der Waals surface area contributed by atoms with Crippen LogP contribution in [0, 0.1) is 0 Å². The largest absolute Gasteiger partial charge is 0.497 e. The van der Waals surface area contributed by atoms with Crippen molar-refractivity contribution in [1.82, 2.24) is 10.2 Å². The number of carbonyl (C=O) groups excluding carboxylic acids is 1. The highest BCUT2D eigenvalue weighted by Crippen LogP contribution is 2.24. The van der Waals surface area contributed by atoms with E-state index in [0.29, 0.717) is 28.9 Å². The van der Waals surface area contributed by atoms with Crippen LogP contribution in [0.5, 0.6) is 5.75 Å². The summed E-state index contributed by atoms with van der Waals surface area (Å²) in [6.07, 6.45) is -0.529. The number of aliphatic hydroxyl groups is 1. The summed E-state index contributed by atoms with van der Waals surface area (Å²) in [4.78, 5) is 14.0. The average Bonchev–Trinajstić information content (AvgIpc) is 2.84. The van der Waals surface area contributed by atoms with Crippen molar-refractivity contribution in [2.45, 2.75) is 12.1 Å². The third-order valence-corrected chi connectivity index (χ3v) is 4.06.